The molecule has 1 amide bonds. The van der Waals surface area contributed by atoms with E-state index in [1.807, 2.05) is 0 Å². The summed E-state index contributed by atoms with van der Waals surface area (Å²) in [6.45, 7) is 5.03. The first-order chi connectivity index (χ1) is 9.56. The fourth-order valence-corrected chi connectivity index (χ4v) is 1.60. The second-order valence-electron chi connectivity index (χ2n) is 5.22. The van der Waals surface area contributed by atoms with Gasteiger partial charge in [-0.15, -0.1) is 0 Å². The number of carbonyl (C=O) groups excluding carboxylic acids is 1. The predicted octanol–water partition coefficient (Wildman–Crippen LogP) is 1.83. The monoisotopic (exact) mass is 298 g/mol. The van der Waals surface area contributed by atoms with E-state index in [9.17, 15) is 25.0 Å². The summed E-state index contributed by atoms with van der Waals surface area (Å²) < 4.78 is 0. The van der Waals surface area contributed by atoms with Gasteiger partial charge in [0, 0.05) is 17.7 Å². The Morgan fingerprint density at radius 1 is 1.14 bits per heavy atom. The van der Waals surface area contributed by atoms with Crippen LogP contribution in [-0.4, -0.2) is 26.5 Å². The van der Waals surface area contributed by atoms with Crippen LogP contribution in [0.1, 0.15) is 31.1 Å². The molecular formula is C11H14N4O6. The second kappa shape index (κ2) is 5.71. The van der Waals surface area contributed by atoms with Crippen LogP contribution in [0.2, 0.25) is 0 Å². The van der Waals surface area contributed by atoms with Crippen molar-refractivity contribution >= 4 is 23.0 Å². The molecule has 0 saturated heterocycles. The van der Waals surface area contributed by atoms with Crippen molar-refractivity contribution in [3.63, 3.8) is 0 Å². The minimum Gasteiger partial charge on any atom is -0.369 e. The molecule has 3 N–H and O–H groups in total. The molecule has 0 fully saturated rings. The number of nitro groups is 2. The van der Waals surface area contributed by atoms with E-state index in [1.54, 1.807) is 20.8 Å². The average molecular weight is 298 g/mol. The molecule has 0 unspecified atom stereocenters. The number of hydroxylamine groups is 1. The third-order valence-corrected chi connectivity index (χ3v) is 2.35. The first-order valence-electron chi connectivity index (χ1n) is 5.76. The summed E-state index contributed by atoms with van der Waals surface area (Å²) in [4.78, 5) is 31.8. The van der Waals surface area contributed by atoms with Gasteiger partial charge in [-0.1, -0.05) is 0 Å². The maximum Gasteiger partial charge on any atom is 0.300 e. The van der Waals surface area contributed by atoms with E-state index in [1.165, 1.54) is 5.48 Å². The van der Waals surface area contributed by atoms with Crippen molar-refractivity contribution in [1.82, 2.24) is 5.48 Å². The van der Waals surface area contributed by atoms with Gasteiger partial charge in [0.15, 0.2) is 5.69 Å². The molecule has 0 radical (unpaired) electrons. The van der Waals surface area contributed by atoms with E-state index in [2.05, 4.69) is 5.32 Å². The lowest BCUT2D eigenvalue weighted by Crippen LogP contribution is -2.27. The third kappa shape index (κ3) is 3.86. The van der Waals surface area contributed by atoms with Crippen LogP contribution in [0.4, 0.5) is 17.1 Å². The SMILES string of the molecule is CC(C)(C)Nc1c([N+](=O)[O-])cc(C(=O)NO)cc1[N+](=O)[O-]. The minimum atomic E-state index is -1.08. The Balaban J connectivity index is 3.62. The first kappa shape index (κ1) is 16.3. The van der Waals surface area contributed by atoms with Crippen molar-refractivity contribution in [2.24, 2.45) is 0 Å². The van der Waals surface area contributed by atoms with Gasteiger partial charge in [-0.3, -0.25) is 30.2 Å². The number of carbonyl (C=O) groups is 1. The Bertz CT molecular complexity index is 572. The molecule has 0 heterocycles. The smallest absolute Gasteiger partial charge is 0.300 e. The van der Waals surface area contributed by atoms with Gasteiger partial charge in [-0.2, -0.15) is 0 Å². The molecule has 0 aromatic heterocycles. The number of nitrogens with zero attached hydrogens (tertiary/aromatic N) is 2. The zero-order chi connectivity index (χ0) is 16.4. The van der Waals surface area contributed by atoms with E-state index in [-0.39, 0.29) is 5.69 Å². The molecule has 0 spiro atoms. The lowest BCUT2D eigenvalue weighted by Gasteiger charge is -2.21. The van der Waals surface area contributed by atoms with Gasteiger partial charge >= 0.3 is 0 Å². The van der Waals surface area contributed by atoms with Crippen molar-refractivity contribution in [2.75, 3.05) is 5.32 Å². The highest BCUT2D eigenvalue weighted by Gasteiger charge is 2.30. The van der Waals surface area contributed by atoms with Gasteiger partial charge in [0.1, 0.15) is 0 Å². The van der Waals surface area contributed by atoms with Crippen molar-refractivity contribution in [3.8, 4) is 0 Å². The van der Waals surface area contributed by atoms with Crippen LogP contribution in [0.15, 0.2) is 12.1 Å². The molecule has 1 aromatic rings. The highest BCUT2D eigenvalue weighted by molar-refractivity contribution is 5.96. The lowest BCUT2D eigenvalue weighted by atomic mass is 10.1. The molecule has 114 valence electrons. The largest absolute Gasteiger partial charge is 0.369 e. The summed E-state index contributed by atoms with van der Waals surface area (Å²) >= 11 is 0. The lowest BCUT2D eigenvalue weighted by molar-refractivity contribution is -0.392. The summed E-state index contributed by atoms with van der Waals surface area (Å²) in [6, 6.07) is 1.71. The summed E-state index contributed by atoms with van der Waals surface area (Å²) in [7, 11) is 0. The summed E-state index contributed by atoms with van der Waals surface area (Å²) in [5.41, 5.74) is -1.34. The highest BCUT2D eigenvalue weighted by Crippen LogP contribution is 2.37. The Hall–Kier alpha value is -2.75. The Kier molecular flexibility index (Phi) is 4.43. The Morgan fingerprint density at radius 3 is 1.86 bits per heavy atom. The number of hydrogen-bond donors (Lipinski definition) is 3. The maximum absolute atomic E-state index is 11.3. The molecular weight excluding hydrogens is 284 g/mol. The van der Waals surface area contributed by atoms with Crippen molar-refractivity contribution in [3.05, 3.63) is 37.9 Å². The predicted molar refractivity (Wildman–Crippen MR) is 72.4 cm³/mol. The topological polar surface area (TPSA) is 148 Å². The summed E-state index contributed by atoms with van der Waals surface area (Å²) in [5.74, 6) is -1.08. The van der Waals surface area contributed by atoms with Crippen molar-refractivity contribution < 1.29 is 19.8 Å². The van der Waals surface area contributed by atoms with Gasteiger partial charge in [0.2, 0.25) is 0 Å². The Labute approximate surface area is 119 Å². The molecule has 1 aromatic carbocycles. The van der Waals surface area contributed by atoms with Crippen LogP contribution in [0.3, 0.4) is 0 Å². The number of amides is 1. The highest BCUT2D eigenvalue weighted by atomic mass is 16.6. The van der Waals surface area contributed by atoms with E-state index >= 15 is 0 Å². The standard InChI is InChI=1S/C11H14N4O6/c1-11(2,3)12-9-7(14(18)19)4-6(10(16)13-17)5-8(9)15(20)21/h4-5,12,17H,1-3H3,(H,13,16). The number of rotatable bonds is 4. The van der Waals surface area contributed by atoms with Crippen LogP contribution in [0.25, 0.3) is 0 Å². The maximum atomic E-state index is 11.3. The summed E-state index contributed by atoms with van der Waals surface area (Å²) in [6.07, 6.45) is 0. The quantitative estimate of drug-likeness (QED) is 0.436. The van der Waals surface area contributed by atoms with Crippen LogP contribution in [-0.2, 0) is 0 Å². The van der Waals surface area contributed by atoms with Crippen LogP contribution < -0.4 is 10.8 Å². The Morgan fingerprint density at radius 2 is 1.57 bits per heavy atom. The van der Waals surface area contributed by atoms with E-state index in [4.69, 9.17) is 5.21 Å². The molecule has 0 saturated carbocycles. The van der Waals surface area contributed by atoms with Crippen LogP contribution in [0, 0.1) is 20.2 Å². The van der Waals surface area contributed by atoms with Crippen molar-refractivity contribution in [2.45, 2.75) is 26.3 Å². The van der Waals surface area contributed by atoms with Gasteiger partial charge < -0.3 is 5.32 Å². The molecule has 10 heteroatoms. The number of hydrogen-bond acceptors (Lipinski definition) is 7. The van der Waals surface area contributed by atoms with E-state index in [0.717, 1.165) is 12.1 Å². The number of anilines is 1. The second-order valence-corrected chi connectivity index (χ2v) is 5.22. The zero-order valence-corrected chi connectivity index (χ0v) is 11.5. The fraction of sp³-hybridized carbons (Fsp3) is 0.364. The molecule has 0 aliphatic carbocycles. The van der Waals surface area contributed by atoms with Crippen LogP contribution >= 0.6 is 0 Å². The normalized spacial score (nSPS) is 10.9. The molecule has 0 aliphatic rings. The van der Waals surface area contributed by atoms with Gasteiger partial charge in [0.05, 0.1) is 15.4 Å². The molecule has 0 bridgehead atoms. The minimum absolute atomic E-state index is 0.299. The first-order valence-corrected chi connectivity index (χ1v) is 5.76. The van der Waals surface area contributed by atoms with Crippen LogP contribution in [0.5, 0.6) is 0 Å². The molecule has 0 atom stereocenters. The van der Waals surface area contributed by atoms with Gasteiger partial charge in [0.25, 0.3) is 17.3 Å². The summed E-state index contributed by atoms with van der Waals surface area (Å²) in [5, 5.41) is 33.4. The molecule has 1 rings (SSSR count). The number of benzene rings is 1. The number of nitro benzene ring substituents is 2. The third-order valence-electron chi connectivity index (χ3n) is 2.35. The zero-order valence-electron chi connectivity index (χ0n) is 11.5. The molecule has 0 aliphatic heterocycles. The average Bonchev–Trinajstić information content (AvgIpc) is 2.35. The van der Waals surface area contributed by atoms with Crippen molar-refractivity contribution in [1.29, 1.82) is 0 Å². The van der Waals surface area contributed by atoms with Gasteiger partial charge in [-0.05, 0) is 20.8 Å². The molecule has 21 heavy (non-hydrogen) atoms. The number of nitrogens with one attached hydrogen (secondary N) is 2. The fourth-order valence-electron chi connectivity index (χ4n) is 1.60. The van der Waals surface area contributed by atoms with E-state index < -0.39 is 38.2 Å². The van der Waals surface area contributed by atoms with E-state index in [0.29, 0.717) is 0 Å². The molecule has 10 nitrogen and oxygen atoms in total. The van der Waals surface area contributed by atoms with Gasteiger partial charge in [-0.25, -0.2) is 5.48 Å².